The number of benzene rings is 1. The van der Waals surface area contributed by atoms with Crippen LogP contribution >= 0.6 is 0 Å². The first-order chi connectivity index (χ1) is 14.8. The Morgan fingerprint density at radius 3 is 2.74 bits per heavy atom. The number of nitrogens with zero attached hydrogens (tertiary/aromatic N) is 2. The number of aliphatic hydroxyl groups excluding tert-OH is 1. The molecule has 0 saturated heterocycles. The number of ether oxygens (including phenoxy) is 1. The van der Waals surface area contributed by atoms with Crippen molar-refractivity contribution < 1.29 is 24.1 Å². The third-order valence-corrected chi connectivity index (χ3v) is 5.71. The van der Waals surface area contributed by atoms with Gasteiger partial charge in [-0.25, -0.2) is 9.37 Å². The summed E-state index contributed by atoms with van der Waals surface area (Å²) >= 11 is 0. The Bertz CT molecular complexity index is 992. The van der Waals surface area contributed by atoms with Gasteiger partial charge in [-0.05, 0) is 42.9 Å². The number of carbonyl (C=O) groups excluding carboxylic acids is 1. The molecule has 2 unspecified atom stereocenters. The van der Waals surface area contributed by atoms with Crippen molar-refractivity contribution in [3.05, 3.63) is 57.5 Å². The third-order valence-electron chi connectivity index (χ3n) is 5.71. The van der Waals surface area contributed by atoms with E-state index in [1.807, 2.05) is 13.8 Å². The Morgan fingerprint density at radius 1 is 1.39 bits per heavy atom. The molecule has 1 aromatic heterocycles. The number of fused-ring (bicyclic) bond motifs is 1. The number of amides is 1. The van der Waals surface area contributed by atoms with Crippen LogP contribution in [0.4, 0.5) is 4.39 Å². The highest BCUT2D eigenvalue weighted by atomic mass is 19.1. The van der Waals surface area contributed by atoms with E-state index in [1.165, 1.54) is 28.8 Å². The summed E-state index contributed by atoms with van der Waals surface area (Å²) < 4.78 is 20.4. The molecule has 0 bridgehead atoms. The number of hydrogen-bond acceptors (Lipinski definition) is 6. The van der Waals surface area contributed by atoms with E-state index in [1.54, 1.807) is 0 Å². The third kappa shape index (κ3) is 4.77. The maximum Gasteiger partial charge on any atom is 0.296 e. The second kappa shape index (κ2) is 9.57. The molecule has 1 aromatic carbocycles. The number of carbonyl (C=O) groups is 1. The summed E-state index contributed by atoms with van der Waals surface area (Å²) in [4.78, 5) is 30.1. The summed E-state index contributed by atoms with van der Waals surface area (Å²) in [6.45, 7) is 4.18. The van der Waals surface area contributed by atoms with E-state index in [2.05, 4.69) is 10.3 Å². The van der Waals surface area contributed by atoms with Gasteiger partial charge in [0, 0.05) is 13.1 Å². The number of halogens is 1. The fourth-order valence-corrected chi connectivity index (χ4v) is 3.90. The van der Waals surface area contributed by atoms with Crippen LogP contribution in [0, 0.1) is 11.7 Å². The van der Waals surface area contributed by atoms with E-state index in [-0.39, 0.29) is 43.0 Å². The van der Waals surface area contributed by atoms with Gasteiger partial charge >= 0.3 is 0 Å². The molecule has 1 aliphatic heterocycles. The minimum atomic E-state index is -0.952. The van der Waals surface area contributed by atoms with Gasteiger partial charge < -0.3 is 20.3 Å². The van der Waals surface area contributed by atoms with Gasteiger partial charge in [0.05, 0.1) is 13.2 Å². The second-order valence-corrected chi connectivity index (χ2v) is 7.92. The molecular formula is C22H28FN3O5. The average Bonchev–Trinajstić information content (AvgIpc) is 2.91. The molecule has 0 spiro atoms. The van der Waals surface area contributed by atoms with E-state index in [9.17, 15) is 24.2 Å². The van der Waals surface area contributed by atoms with E-state index >= 15 is 0 Å². The number of rotatable bonds is 7. The summed E-state index contributed by atoms with van der Waals surface area (Å²) in [7, 11) is 0. The van der Waals surface area contributed by atoms with Gasteiger partial charge in [0.15, 0.2) is 5.69 Å². The zero-order chi connectivity index (χ0) is 22.6. The van der Waals surface area contributed by atoms with Gasteiger partial charge in [-0.1, -0.05) is 26.0 Å². The van der Waals surface area contributed by atoms with Gasteiger partial charge in [-0.3, -0.25) is 14.2 Å². The fraction of sp³-hybridized carbons (Fsp3) is 0.500. The SMILES string of the molecule is CCC1(OCCO)CCC(C)Cn2c1nc(C(=O)NCc1ccc(F)cc1)c(O)c2=O. The highest BCUT2D eigenvalue weighted by Gasteiger charge is 2.40. The van der Waals surface area contributed by atoms with Crippen molar-refractivity contribution in [1.82, 2.24) is 14.9 Å². The summed E-state index contributed by atoms with van der Waals surface area (Å²) in [6, 6.07) is 5.62. The fourth-order valence-electron chi connectivity index (χ4n) is 3.90. The maximum atomic E-state index is 13.1. The zero-order valence-electron chi connectivity index (χ0n) is 17.7. The van der Waals surface area contributed by atoms with Crippen LogP contribution < -0.4 is 10.9 Å². The predicted molar refractivity (Wildman–Crippen MR) is 111 cm³/mol. The molecule has 3 N–H and O–H groups in total. The van der Waals surface area contributed by atoms with Crippen LogP contribution in [0.2, 0.25) is 0 Å². The first-order valence-electron chi connectivity index (χ1n) is 10.4. The molecule has 3 rings (SSSR count). The molecule has 0 saturated carbocycles. The van der Waals surface area contributed by atoms with Crippen LogP contribution in [0.1, 0.15) is 55.0 Å². The maximum absolute atomic E-state index is 13.1. The van der Waals surface area contributed by atoms with Gasteiger partial charge in [0.25, 0.3) is 11.5 Å². The van der Waals surface area contributed by atoms with Crippen molar-refractivity contribution in [3.8, 4) is 5.75 Å². The lowest BCUT2D eigenvalue weighted by atomic mass is 9.91. The first kappa shape index (κ1) is 22.9. The number of aromatic hydroxyl groups is 1. The number of aliphatic hydroxyl groups is 1. The molecule has 2 heterocycles. The van der Waals surface area contributed by atoms with Gasteiger partial charge in [0.2, 0.25) is 5.75 Å². The molecule has 168 valence electrons. The Morgan fingerprint density at radius 2 is 2.10 bits per heavy atom. The molecule has 0 fully saturated rings. The molecule has 2 aromatic rings. The van der Waals surface area contributed by atoms with E-state index in [0.29, 0.717) is 24.9 Å². The first-order valence-corrected chi connectivity index (χ1v) is 10.4. The average molecular weight is 433 g/mol. The minimum absolute atomic E-state index is 0.0606. The van der Waals surface area contributed by atoms with Crippen LogP contribution in [0.25, 0.3) is 0 Å². The normalized spacial score (nSPS) is 20.7. The molecule has 9 heteroatoms. The number of aromatic nitrogens is 2. The van der Waals surface area contributed by atoms with Crippen LogP contribution in [0.5, 0.6) is 5.75 Å². The number of nitrogens with one attached hydrogen (secondary N) is 1. The molecular weight excluding hydrogens is 405 g/mol. The van der Waals surface area contributed by atoms with Crippen LogP contribution in [0.3, 0.4) is 0 Å². The van der Waals surface area contributed by atoms with Crippen LogP contribution in [0.15, 0.2) is 29.1 Å². The molecule has 31 heavy (non-hydrogen) atoms. The van der Waals surface area contributed by atoms with Gasteiger partial charge in [-0.15, -0.1) is 0 Å². The molecule has 0 aliphatic carbocycles. The summed E-state index contributed by atoms with van der Waals surface area (Å²) in [5, 5.41) is 22.3. The standard InChI is InChI=1S/C22H28FN3O5/c1-3-22(31-11-10-27)9-8-14(2)13-26-20(30)18(28)17(25-21(22)26)19(29)24-12-15-4-6-16(23)7-5-15/h4-7,14,27-28H,3,8-13H2,1-2H3,(H,24,29). The second-order valence-electron chi connectivity index (χ2n) is 7.92. The minimum Gasteiger partial charge on any atom is -0.501 e. The predicted octanol–water partition coefficient (Wildman–Crippen LogP) is 2.06. The van der Waals surface area contributed by atoms with Crippen LogP contribution in [-0.4, -0.2) is 38.9 Å². The van der Waals surface area contributed by atoms with E-state index in [4.69, 9.17) is 4.74 Å². The molecule has 8 nitrogen and oxygen atoms in total. The lowest BCUT2D eigenvalue weighted by molar-refractivity contribution is -0.0793. The largest absolute Gasteiger partial charge is 0.501 e. The Labute approximate surface area is 179 Å². The number of hydrogen-bond donors (Lipinski definition) is 3. The van der Waals surface area contributed by atoms with Gasteiger partial charge in [-0.2, -0.15) is 0 Å². The smallest absolute Gasteiger partial charge is 0.296 e. The van der Waals surface area contributed by atoms with Crippen LogP contribution in [-0.2, 0) is 23.4 Å². The molecule has 1 aliphatic rings. The highest BCUT2D eigenvalue weighted by molar-refractivity contribution is 5.94. The van der Waals surface area contributed by atoms with Crippen molar-refractivity contribution >= 4 is 5.91 Å². The lowest BCUT2D eigenvalue weighted by Gasteiger charge is -2.32. The van der Waals surface area contributed by atoms with Crippen molar-refractivity contribution in [2.75, 3.05) is 13.2 Å². The molecule has 1 amide bonds. The van der Waals surface area contributed by atoms with Crippen molar-refractivity contribution in [2.45, 2.75) is 51.8 Å². The van der Waals surface area contributed by atoms with Crippen molar-refractivity contribution in [1.29, 1.82) is 0 Å². The Hall–Kier alpha value is -2.78. The Kier molecular flexibility index (Phi) is 7.07. The van der Waals surface area contributed by atoms with Crippen molar-refractivity contribution in [2.24, 2.45) is 5.92 Å². The highest BCUT2D eigenvalue weighted by Crippen LogP contribution is 2.37. The van der Waals surface area contributed by atoms with E-state index in [0.717, 1.165) is 6.42 Å². The van der Waals surface area contributed by atoms with Gasteiger partial charge in [0.1, 0.15) is 17.2 Å². The van der Waals surface area contributed by atoms with E-state index < -0.39 is 22.8 Å². The summed E-state index contributed by atoms with van der Waals surface area (Å²) in [5.41, 5.74) is -1.37. The molecule has 2 atom stereocenters. The monoisotopic (exact) mass is 433 g/mol. The zero-order valence-corrected chi connectivity index (χ0v) is 17.7. The topological polar surface area (TPSA) is 114 Å². The summed E-state index contributed by atoms with van der Waals surface area (Å²) in [6.07, 6.45) is 1.81. The Balaban J connectivity index is 2.00. The lowest BCUT2D eigenvalue weighted by Crippen LogP contribution is -2.39. The summed E-state index contributed by atoms with van der Waals surface area (Å²) in [5.74, 6) is -1.40. The van der Waals surface area contributed by atoms with Crippen molar-refractivity contribution in [3.63, 3.8) is 0 Å². The molecule has 0 radical (unpaired) electrons. The quantitative estimate of drug-likeness (QED) is 0.616.